The van der Waals surface area contributed by atoms with E-state index in [9.17, 15) is 5.11 Å². The molecule has 0 unspecified atom stereocenters. The molecule has 0 fully saturated rings. The van der Waals surface area contributed by atoms with Crippen LogP contribution in [-0.4, -0.2) is 15.2 Å². The number of benzene rings is 2. The largest absolute Gasteiger partial charge is 0.507 e. The molecule has 1 N–H and O–H groups in total. The van der Waals surface area contributed by atoms with Crippen molar-refractivity contribution in [2.24, 2.45) is 0 Å². The van der Waals surface area contributed by atoms with Gasteiger partial charge in [0.15, 0.2) is 0 Å². The van der Waals surface area contributed by atoms with Crippen LogP contribution in [0, 0.1) is 6.92 Å². The summed E-state index contributed by atoms with van der Waals surface area (Å²) < 4.78 is 6.91. The minimum atomic E-state index is 0.132. The maximum Gasteiger partial charge on any atom is 0.258 e. The monoisotopic (exact) mass is 408 g/mol. The molecule has 1 heterocycles. The van der Waals surface area contributed by atoms with Crippen molar-refractivity contribution in [2.45, 2.75) is 6.92 Å². The summed E-state index contributed by atoms with van der Waals surface area (Å²) in [6.07, 6.45) is 0. The molecule has 21 heavy (non-hydrogen) atoms. The molecule has 3 rings (SSSR count). The third kappa shape index (κ3) is 2.87. The third-order valence-electron chi connectivity index (χ3n) is 3.05. The normalized spacial score (nSPS) is 10.8. The molecule has 0 atom stereocenters. The van der Waals surface area contributed by atoms with Crippen LogP contribution in [0.2, 0.25) is 0 Å². The van der Waals surface area contributed by atoms with Crippen molar-refractivity contribution < 1.29 is 9.63 Å². The van der Waals surface area contributed by atoms with Gasteiger partial charge >= 0.3 is 0 Å². The van der Waals surface area contributed by atoms with E-state index in [2.05, 4.69) is 42.0 Å². The van der Waals surface area contributed by atoms with Crippen molar-refractivity contribution in [3.8, 4) is 28.6 Å². The number of aryl methyl sites for hydroxylation is 1. The van der Waals surface area contributed by atoms with Crippen LogP contribution in [0.15, 0.2) is 49.9 Å². The summed E-state index contributed by atoms with van der Waals surface area (Å²) in [5, 5.41) is 13.7. The van der Waals surface area contributed by atoms with Gasteiger partial charge in [0.2, 0.25) is 5.82 Å². The highest BCUT2D eigenvalue weighted by atomic mass is 79.9. The van der Waals surface area contributed by atoms with E-state index in [1.54, 1.807) is 18.2 Å². The van der Waals surface area contributed by atoms with E-state index in [4.69, 9.17) is 4.52 Å². The summed E-state index contributed by atoms with van der Waals surface area (Å²) in [5.41, 5.74) is 2.63. The molecule has 1 aromatic heterocycles. The molecular weight excluding hydrogens is 400 g/mol. The highest BCUT2D eigenvalue weighted by Crippen LogP contribution is 2.31. The van der Waals surface area contributed by atoms with Crippen molar-refractivity contribution in [1.82, 2.24) is 10.1 Å². The molecule has 106 valence electrons. The molecule has 6 heteroatoms. The number of halogens is 2. The summed E-state index contributed by atoms with van der Waals surface area (Å²) in [6, 6.07) is 11.0. The van der Waals surface area contributed by atoms with Crippen LogP contribution in [-0.2, 0) is 0 Å². The average molecular weight is 410 g/mol. The van der Waals surface area contributed by atoms with E-state index in [1.165, 1.54) is 0 Å². The first kappa shape index (κ1) is 14.3. The van der Waals surface area contributed by atoms with Gasteiger partial charge in [0, 0.05) is 15.6 Å². The van der Waals surface area contributed by atoms with Gasteiger partial charge in [-0.1, -0.05) is 21.1 Å². The number of aromatic nitrogens is 2. The maximum absolute atomic E-state index is 9.72. The lowest BCUT2D eigenvalue weighted by molar-refractivity contribution is 0.431. The molecule has 0 bridgehead atoms. The summed E-state index contributed by atoms with van der Waals surface area (Å²) in [6.45, 7) is 1.99. The molecule has 2 aromatic carbocycles. The van der Waals surface area contributed by atoms with Crippen LogP contribution in [0.1, 0.15) is 5.56 Å². The van der Waals surface area contributed by atoms with E-state index >= 15 is 0 Å². The van der Waals surface area contributed by atoms with Gasteiger partial charge in [-0.3, -0.25) is 0 Å². The Morgan fingerprint density at radius 1 is 1.10 bits per heavy atom. The number of phenolic OH excluding ortho intramolecular Hbond substituents is 1. The second kappa shape index (κ2) is 5.61. The molecule has 0 amide bonds. The zero-order valence-electron chi connectivity index (χ0n) is 11.0. The summed E-state index contributed by atoms with van der Waals surface area (Å²) in [7, 11) is 0. The molecule has 0 radical (unpaired) electrons. The lowest BCUT2D eigenvalue weighted by Crippen LogP contribution is -1.86. The molecule has 0 aliphatic rings. The first-order valence-electron chi connectivity index (χ1n) is 6.14. The van der Waals surface area contributed by atoms with E-state index < -0.39 is 0 Å². The fourth-order valence-corrected chi connectivity index (χ4v) is 2.70. The van der Waals surface area contributed by atoms with Gasteiger partial charge in [-0.05, 0) is 64.8 Å². The standard InChI is InChI=1S/C15H10Br2N2O2/c1-8-6-10(16)3-4-11(8)14-18-15(21-19-14)9-2-5-12(17)13(20)7-9/h2-7,20H,1H3. The van der Waals surface area contributed by atoms with Crippen LogP contribution < -0.4 is 0 Å². The summed E-state index contributed by atoms with van der Waals surface area (Å²) in [5.74, 6) is 1.03. The molecule has 3 aromatic rings. The SMILES string of the molecule is Cc1cc(Br)ccc1-c1noc(-c2ccc(Br)c(O)c2)n1. The van der Waals surface area contributed by atoms with Gasteiger partial charge in [0.1, 0.15) is 5.75 Å². The Morgan fingerprint density at radius 2 is 1.90 bits per heavy atom. The Kier molecular flexibility index (Phi) is 3.82. The van der Waals surface area contributed by atoms with Gasteiger partial charge in [-0.25, -0.2) is 0 Å². The van der Waals surface area contributed by atoms with Gasteiger partial charge in [-0.2, -0.15) is 4.98 Å². The van der Waals surface area contributed by atoms with Gasteiger partial charge in [-0.15, -0.1) is 0 Å². The first-order valence-corrected chi connectivity index (χ1v) is 7.72. The fourth-order valence-electron chi connectivity index (χ4n) is 1.97. The average Bonchev–Trinajstić information content (AvgIpc) is 2.91. The first-order chi connectivity index (χ1) is 10.0. The lowest BCUT2D eigenvalue weighted by atomic mass is 10.1. The summed E-state index contributed by atoms with van der Waals surface area (Å²) >= 11 is 6.67. The highest BCUT2D eigenvalue weighted by molar-refractivity contribution is 9.10. The number of rotatable bonds is 2. The number of nitrogens with zero attached hydrogens (tertiary/aromatic N) is 2. The molecular formula is C15H10Br2N2O2. The van der Waals surface area contributed by atoms with Crippen molar-refractivity contribution in [2.75, 3.05) is 0 Å². The molecule has 0 spiro atoms. The maximum atomic E-state index is 9.72. The number of aromatic hydroxyl groups is 1. The second-order valence-electron chi connectivity index (χ2n) is 4.55. The minimum absolute atomic E-state index is 0.132. The van der Waals surface area contributed by atoms with Crippen LogP contribution in [0.5, 0.6) is 5.75 Å². The molecule has 4 nitrogen and oxygen atoms in total. The van der Waals surface area contributed by atoms with Crippen molar-refractivity contribution in [3.63, 3.8) is 0 Å². The van der Waals surface area contributed by atoms with Crippen LogP contribution >= 0.6 is 31.9 Å². The smallest absolute Gasteiger partial charge is 0.258 e. The van der Waals surface area contributed by atoms with Crippen molar-refractivity contribution in [3.05, 3.63) is 50.9 Å². The van der Waals surface area contributed by atoms with Gasteiger partial charge in [0.05, 0.1) is 4.47 Å². The molecule has 0 aliphatic heterocycles. The third-order valence-corrected chi connectivity index (χ3v) is 4.21. The fraction of sp³-hybridized carbons (Fsp3) is 0.0667. The number of phenols is 1. The lowest BCUT2D eigenvalue weighted by Gasteiger charge is -2.00. The zero-order valence-corrected chi connectivity index (χ0v) is 14.1. The Hall–Kier alpha value is -1.66. The Labute approximate surface area is 138 Å². The van der Waals surface area contributed by atoms with Gasteiger partial charge in [0.25, 0.3) is 5.89 Å². The minimum Gasteiger partial charge on any atom is -0.507 e. The molecule has 0 aliphatic carbocycles. The molecule has 0 saturated heterocycles. The number of hydrogen-bond donors (Lipinski definition) is 1. The van der Waals surface area contributed by atoms with E-state index in [-0.39, 0.29) is 5.75 Å². The van der Waals surface area contributed by atoms with E-state index in [0.717, 1.165) is 15.6 Å². The second-order valence-corrected chi connectivity index (χ2v) is 6.32. The Balaban J connectivity index is 2.01. The predicted molar refractivity (Wildman–Crippen MR) is 87.0 cm³/mol. The summed E-state index contributed by atoms with van der Waals surface area (Å²) in [4.78, 5) is 4.39. The van der Waals surface area contributed by atoms with Crippen LogP contribution in [0.25, 0.3) is 22.8 Å². The topological polar surface area (TPSA) is 59.2 Å². The van der Waals surface area contributed by atoms with E-state index in [1.807, 2.05) is 25.1 Å². The van der Waals surface area contributed by atoms with Crippen molar-refractivity contribution in [1.29, 1.82) is 0 Å². The quantitative estimate of drug-likeness (QED) is 0.650. The van der Waals surface area contributed by atoms with Crippen LogP contribution in [0.3, 0.4) is 0 Å². The molecule has 0 saturated carbocycles. The number of hydrogen-bond acceptors (Lipinski definition) is 4. The van der Waals surface area contributed by atoms with Crippen LogP contribution in [0.4, 0.5) is 0 Å². The van der Waals surface area contributed by atoms with Gasteiger partial charge < -0.3 is 9.63 Å². The van der Waals surface area contributed by atoms with E-state index in [0.29, 0.717) is 21.8 Å². The zero-order chi connectivity index (χ0) is 15.0. The predicted octanol–water partition coefficient (Wildman–Crippen LogP) is 4.94. The Morgan fingerprint density at radius 3 is 2.62 bits per heavy atom. The van der Waals surface area contributed by atoms with Crippen molar-refractivity contribution >= 4 is 31.9 Å². The Bertz CT molecular complexity index is 815. The highest BCUT2D eigenvalue weighted by Gasteiger charge is 2.13.